The lowest BCUT2D eigenvalue weighted by Gasteiger charge is -2.39. The van der Waals surface area contributed by atoms with E-state index in [1.807, 2.05) is 31.1 Å². The number of carbonyl (C=O) groups excluding carboxylic acids is 3. The molecule has 4 rings (SSSR count). The van der Waals surface area contributed by atoms with E-state index in [2.05, 4.69) is 0 Å². The molecule has 0 spiro atoms. The molecule has 1 atom stereocenters. The highest BCUT2D eigenvalue weighted by Gasteiger charge is 2.42. The molecule has 0 bridgehead atoms. The number of hydrogen-bond acceptors (Lipinski definition) is 7. The van der Waals surface area contributed by atoms with E-state index in [1.165, 1.54) is 23.9 Å². The molecule has 2 amide bonds. The maximum absolute atomic E-state index is 13.8. The van der Waals surface area contributed by atoms with Gasteiger partial charge in [-0.05, 0) is 63.6 Å². The molecule has 3 heterocycles. The molecule has 1 saturated heterocycles. The van der Waals surface area contributed by atoms with Gasteiger partial charge < -0.3 is 19.4 Å². The number of benzene rings is 1. The maximum Gasteiger partial charge on any atom is 0.309 e. The number of carbonyl (C=O) groups is 3. The minimum absolute atomic E-state index is 0.0240. The quantitative estimate of drug-likeness (QED) is 0.473. The number of likely N-dealkylation sites (tertiary alicyclic amines) is 1. The van der Waals surface area contributed by atoms with Crippen molar-refractivity contribution in [3.8, 4) is 0 Å². The first-order chi connectivity index (χ1) is 18.1. The Hall–Kier alpha value is -3.14. The van der Waals surface area contributed by atoms with Gasteiger partial charge >= 0.3 is 5.97 Å². The van der Waals surface area contributed by atoms with E-state index >= 15 is 0 Å². The lowest BCUT2D eigenvalue weighted by atomic mass is 9.92. The average Bonchev–Trinajstić information content (AvgIpc) is 3.29. The number of allylic oxidation sites excluding steroid dienone is 1. The van der Waals surface area contributed by atoms with Crippen molar-refractivity contribution in [2.45, 2.75) is 59.0 Å². The Morgan fingerprint density at radius 3 is 2.45 bits per heavy atom. The van der Waals surface area contributed by atoms with E-state index in [1.54, 1.807) is 35.9 Å². The molecule has 1 aromatic carbocycles. The van der Waals surface area contributed by atoms with Crippen molar-refractivity contribution in [2.75, 3.05) is 26.7 Å². The summed E-state index contributed by atoms with van der Waals surface area (Å²) >= 11 is 1.42. The van der Waals surface area contributed by atoms with Crippen LogP contribution in [0.2, 0.25) is 0 Å². The fraction of sp³-hybridized carbons (Fsp3) is 0.500. The minimum Gasteiger partial charge on any atom is -0.466 e. The molecule has 1 unspecified atom stereocenters. The van der Waals surface area contributed by atoms with Crippen molar-refractivity contribution < 1.29 is 23.5 Å². The second-order valence-corrected chi connectivity index (χ2v) is 10.9. The van der Waals surface area contributed by atoms with Crippen molar-refractivity contribution in [3.05, 3.63) is 58.0 Å². The number of nitrogens with zero attached hydrogens (tertiary/aromatic N) is 4. The number of esters is 1. The van der Waals surface area contributed by atoms with Gasteiger partial charge in [0, 0.05) is 31.9 Å². The molecule has 1 fully saturated rings. The molecular weight excluding hydrogens is 507 g/mol. The standard InChI is InChI=1S/C28H35FN4O4S/c1-6-37-27(36)20-11-13-32(14-12-20)23(34)15-22-16-38-28-30-18(4)24(26(35)31(5)17(2)3)25(33(22)28)19-7-9-21(29)10-8-19/h7-10,16-17,20,25H,6,11-15H2,1-5H3. The third-order valence-electron chi connectivity index (χ3n) is 7.31. The lowest BCUT2D eigenvalue weighted by Crippen LogP contribution is -2.44. The van der Waals surface area contributed by atoms with Gasteiger partial charge in [0.05, 0.1) is 36.3 Å². The Kier molecular flexibility index (Phi) is 8.60. The highest BCUT2D eigenvalue weighted by Crippen LogP contribution is 2.45. The summed E-state index contributed by atoms with van der Waals surface area (Å²) in [5.74, 6) is -0.936. The third kappa shape index (κ3) is 5.65. The highest BCUT2D eigenvalue weighted by atomic mass is 32.2. The Labute approximate surface area is 227 Å². The van der Waals surface area contributed by atoms with Crippen LogP contribution in [0.3, 0.4) is 0 Å². The minimum atomic E-state index is -0.541. The topological polar surface area (TPSA) is 82.5 Å². The molecule has 0 N–H and O–H groups in total. The fourth-order valence-corrected chi connectivity index (χ4v) is 5.88. The van der Waals surface area contributed by atoms with Crippen molar-refractivity contribution in [1.29, 1.82) is 0 Å². The molecule has 0 aliphatic carbocycles. The van der Waals surface area contributed by atoms with Crippen LogP contribution in [0, 0.1) is 11.7 Å². The summed E-state index contributed by atoms with van der Waals surface area (Å²) in [5, 5.41) is 2.59. The van der Waals surface area contributed by atoms with Crippen LogP contribution in [0.4, 0.5) is 4.39 Å². The van der Waals surface area contributed by atoms with Crippen LogP contribution in [0.25, 0.3) is 0 Å². The first kappa shape index (κ1) is 27.9. The number of amides is 2. The second kappa shape index (κ2) is 11.7. The number of amidine groups is 1. The first-order valence-electron chi connectivity index (χ1n) is 13.0. The zero-order valence-corrected chi connectivity index (χ0v) is 23.4. The highest BCUT2D eigenvalue weighted by molar-refractivity contribution is 8.16. The number of aliphatic imine (C=N–C) groups is 1. The summed E-state index contributed by atoms with van der Waals surface area (Å²) in [5.41, 5.74) is 2.60. The summed E-state index contributed by atoms with van der Waals surface area (Å²) in [6.07, 6.45) is 1.29. The summed E-state index contributed by atoms with van der Waals surface area (Å²) < 4.78 is 19.0. The van der Waals surface area contributed by atoms with Crippen molar-refractivity contribution in [3.63, 3.8) is 0 Å². The molecular formula is C28H35FN4O4S. The van der Waals surface area contributed by atoms with E-state index in [-0.39, 0.29) is 42.0 Å². The van der Waals surface area contributed by atoms with Gasteiger partial charge in [-0.2, -0.15) is 0 Å². The van der Waals surface area contributed by atoms with Crippen LogP contribution >= 0.6 is 11.8 Å². The Bertz CT molecular complexity index is 1190. The number of halogens is 1. The summed E-state index contributed by atoms with van der Waals surface area (Å²) in [7, 11) is 1.76. The van der Waals surface area contributed by atoms with Crippen LogP contribution in [-0.2, 0) is 19.1 Å². The molecule has 1 aromatic rings. The van der Waals surface area contributed by atoms with Crippen LogP contribution in [0.1, 0.15) is 58.6 Å². The monoisotopic (exact) mass is 542 g/mol. The number of thioether (sulfide) groups is 1. The number of likely N-dealkylation sites (N-methyl/N-ethyl adjacent to an activating group) is 1. The second-order valence-electron chi connectivity index (χ2n) is 10.0. The number of rotatable bonds is 7. The van der Waals surface area contributed by atoms with Gasteiger partial charge in [-0.3, -0.25) is 14.4 Å². The third-order valence-corrected chi connectivity index (χ3v) is 8.20. The number of hydrogen-bond donors (Lipinski definition) is 0. The Morgan fingerprint density at radius 2 is 1.84 bits per heavy atom. The SMILES string of the molecule is CCOC(=O)C1CCN(C(=O)CC2=CSC3=NC(C)=C(C(=O)N(C)C(C)C)C(c4ccc(F)cc4)N23)CC1. The largest absolute Gasteiger partial charge is 0.466 e. The average molecular weight is 543 g/mol. The van der Waals surface area contributed by atoms with Gasteiger partial charge in [-0.15, -0.1) is 0 Å². The normalized spacial score (nSPS) is 19.8. The van der Waals surface area contributed by atoms with Crippen molar-refractivity contribution in [1.82, 2.24) is 14.7 Å². The van der Waals surface area contributed by atoms with Crippen LogP contribution in [0.5, 0.6) is 0 Å². The molecule has 0 aromatic heterocycles. The molecule has 204 valence electrons. The number of ether oxygens (including phenoxy) is 1. The number of fused-ring (bicyclic) bond motifs is 1. The van der Waals surface area contributed by atoms with E-state index < -0.39 is 6.04 Å². The summed E-state index contributed by atoms with van der Waals surface area (Å²) in [6, 6.07) is 5.57. The smallest absolute Gasteiger partial charge is 0.309 e. The maximum atomic E-state index is 13.8. The zero-order valence-electron chi connectivity index (χ0n) is 22.6. The predicted molar refractivity (Wildman–Crippen MR) is 145 cm³/mol. The van der Waals surface area contributed by atoms with Gasteiger partial charge in [0.15, 0.2) is 5.17 Å². The van der Waals surface area contributed by atoms with E-state index in [0.717, 1.165) is 11.3 Å². The van der Waals surface area contributed by atoms with Gasteiger partial charge in [0.25, 0.3) is 5.91 Å². The molecule has 3 aliphatic heterocycles. The van der Waals surface area contributed by atoms with Crippen molar-refractivity contribution in [2.24, 2.45) is 10.9 Å². The van der Waals surface area contributed by atoms with Crippen molar-refractivity contribution >= 4 is 34.7 Å². The fourth-order valence-electron chi connectivity index (χ4n) is 4.92. The van der Waals surface area contributed by atoms with E-state index in [4.69, 9.17) is 9.73 Å². The number of piperidine rings is 1. The Morgan fingerprint density at radius 1 is 1.18 bits per heavy atom. The first-order valence-corrected chi connectivity index (χ1v) is 13.9. The molecule has 8 nitrogen and oxygen atoms in total. The van der Waals surface area contributed by atoms with E-state index in [0.29, 0.717) is 49.0 Å². The Balaban J connectivity index is 1.58. The molecule has 0 radical (unpaired) electrons. The molecule has 3 aliphatic rings. The van der Waals surface area contributed by atoms with Gasteiger partial charge in [0.2, 0.25) is 5.91 Å². The van der Waals surface area contributed by atoms with Gasteiger partial charge in [-0.1, -0.05) is 23.9 Å². The van der Waals surface area contributed by atoms with Gasteiger partial charge in [0.1, 0.15) is 5.82 Å². The van der Waals surface area contributed by atoms with Gasteiger partial charge in [-0.25, -0.2) is 9.38 Å². The predicted octanol–water partition coefficient (Wildman–Crippen LogP) is 4.46. The molecule has 10 heteroatoms. The van der Waals surface area contributed by atoms with Crippen LogP contribution < -0.4 is 0 Å². The molecule has 38 heavy (non-hydrogen) atoms. The van der Waals surface area contributed by atoms with E-state index in [9.17, 15) is 18.8 Å². The van der Waals surface area contributed by atoms with Crippen LogP contribution in [-0.4, -0.2) is 70.4 Å². The summed E-state index contributed by atoms with van der Waals surface area (Å²) in [6.45, 7) is 8.83. The summed E-state index contributed by atoms with van der Waals surface area (Å²) in [4.78, 5) is 49.2. The zero-order chi connectivity index (χ0) is 27.6. The molecule has 0 saturated carbocycles. The van der Waals surface area contributed by atoms with Crippen LogP contribution in [0.15, 0.2) is 51.6 Å². The lowest BCUT2D eigenvalue weighted by molar-refractivity contribution is -0.151.